The van der Waals surface area contributed by atoms with E-state index >= 15 is 0 Å². The van der Waals surface area contributed by atoms with Gasteiger partial charge in [0.15, 0.2) is 0 Å². The molecule has 1 aliphatic heterocycles. The molecule has 1 aliphatic rings. The lowest BCUT2D eigenvalue weighted by Gasteiger charge is -2.17. The van der Waals surface area contributed by atoms with Crippen molar-refractivity contribution in [3.63, 3.8) is 0 Å². The highest BCUT2D eigenvalue weighted by Gasteiger charge is 2.20. The third-order valence-corrected chi connectivity index (χ3v) is 4.58. The second kappa shape index (κ2) is 6.92. The molecule has 0 radical (unpaired) electrons. The van der Waals surface area contributed by atoms with Crippen molar-refractivity contribution < 1.29 is 9.47 Å². The van der Waals surface area contributed by atoms with E-state index in [4.69, 9.17) is 14.5 Å². The molecule has 3 aromatic heterocycles. The Balaban J connectivity index is 1.84. The van der Waals surface area contributed by atoms with E-state index in [-0.39, 0.29) is 6.04 Å². The van der Waals surface area contributed by atoms with Crippen LogP contribution in [-0.2, 0) is 4.74 Å². The summed E-state index contributed by atoms with van der Waals surface area (Å²) in [6.07, 6.45) is 6.30. The van der Waals surface area contributed by atoms with E-state index in [1.165, 1.54) is 0 Å². The van der Waals surface area contributed by atoms with Gasteiger partial charge in [0.2, 0.25) is 0 Å². The summed E-state index contributed by atoms with van der Waals surface area (Å²) in [6, 6.07) is 4.56. The lowest BCUT2D eigenvalue weighted by Crippen LogP contribution is -2.20. The van der Waals surface area contributed by atoms with Gasteiger partial charge in [-0.25, -0.2) is 4.98 Å². The number of rotatable bonds is 5. The molecule has 4 heterocycles. The predicted molar refractivity (Wildman–Crippen MR) is 101 cm³/mol. The maximum absolute atomic E-state index is 5.52. The largest absolute Gasteiger partial charge is 0.495 e. The highest BCUT2D eigenvalue weighted by Crippen LogP contribution is 2.31. The van der Waals surface area contributed by atoms with Crippen LogP contribution in [0.5, 0.6) is 5.75 Å². The topological polar surface area (TPSA) is 74.1 Å². The average molecular weight is 353 g/mol. The molecule has 1 unspecified atom stereocenters. The molecule has 7 nitrogen and oxygen atoms in total. The van der Waals surface area contributed by atoms with E-state index in [0.717, 1.165) is 47.6 Å². The Morgan fingerprint density at radius 2 is 2.15 bits per heavy atom. The highest BCUT2D eigenvalue weighted by molar-refractivity contribution is 5.91. The van der Waals surface area contributed by atoms with Crippen LogP contribution in [0.2, 0.25) is 0 Å². The van der Waals surface area contributed by atoms with E-state index in [1.807, 2.05) is 16.9 Å². The van der Waals surface area contributed by atoms with E-state index in [9.17, 15) is 0 Å². The molecule has 0 amide bonds. The number of nitrogens with one attached hydrogen (secondary N) is 1. The number of hydrogen-bond donors (Lipinski definition) is 1. The zero-order chi connectivity index (χ0) is 18.1. The molecule has 0 saturated carbocycles. The van der Waals surface area contributed by atoms with Crippen LogP contribution in [0.3, 0.4) is 0 Å². The number of pyridine rings is 2. The fraction of sp³-hybridized carbons (Fsp3) is 0.421. The Hall–Kier alpha value is -2.67. The standard InChI is InChI=1S/C19H23N5O2/c1-12(2)24-19-17(22-14-4-5-26-11-14)7-16(23-18(19)10-21-24)13-6-15(25-3)9-20-8-13/h6-10,12,14H,4-5,11H2,1-3H3,(H,22,23). The first-order chi connectivity index (χ1) is 12.7. The molecule has 0 spiro atoms. The van der Waals surface area contributed by atoms with Crippen LogP contribution in [0.1, 0.15) is 26.3 Å². The first kappa shape index (κ1) is 16.8. The molecule has 26 heavy (non-hydrogen) atoms. The number of ether oxygens (including phenoxy) is 2. The van der Waals surface area contributed by atoms with Gasteiger partial charge >= 0.3 is 0 Å². The maximum atomic E-state index is 5.52. The van der Waals surface area contributed by atoms with Crippen molar-refractivity contribution in [1.82, 2.24) is 19.7 Å². The Labute approximate surface area is 152 Å². The van der Waals surface area contributed by atoms with Gasteiger partial charge in [0, 0.05) is 24.4 Å². The van der Waals surface area contributed by atoms with Crippen LogP contribution in [0.25, 0.3) is 22.3 Å². The van der Waals surface area contributed by atoms with Gasteiger partial charge in [0.1, 0.15) is 16.8 Å². The second-order valence-electron chi connectivity index (χ2n) is 6.79. The minimum absolute atomic E-state index is 0.249. The monoisotopic (exact) mass is 353 g/mol. The minimum atomic E-state index is 0.249. The molecule has 1 saturated heterocycles. The van der Waals surface area contributed by atoms with Crippen LogP contribution in [-0.4, -0.2) is 46.1 Å². The molecule has 0 aromatic carbocycles. The van der Waals surface area contributed by atoms with Crippen molar-refractivity contribution in [2.24, 2.45) is 0 Å². The maximum Gasteiger partial charge on any atom is 0.137 e. The lowest BCUT2D eigenvalue weighted by atomic mass is 10.1. The van der Waals surface area contributed by atoms with Gasteiger partial charge in [-0.2, -0.15) is 5.10 Å². The molecule has 1 fully saturated rings. The molecular weight excluding hydrogens is 330 g/mol. The average Bonchev–Trinajstić information content (AvgIpc) is 3.31. The normalized spacial score (nSPS) is 17.2. The van der Waals surface area contributed by atoms with Crippen molar-refractivity contribution in [3.05, 3.63) is 30.7 Å². The molecule has 0 aliphatic carbocycles. The van der Waals surface area contributed by atoms with E-state index in [0.29, 0.717) is 11.8 Å². The third kappa shape index (κ3) is 3.10. The quantitative estimate of drug-likeness (QED) is 0.759. The summed E-state index contributed by atoms with van der Waals surface area (Å²) in [5, 5.41) is 8.17. The molecule has 0 bridgehead atoms. The molecule has 136 valence electrons. The number of methoxy groups -OCH3 is 1. The Bertz CT molecular complexity index is 915. The summed E-state index contributed by atoms with van der Waals surface area (Å²) >= 11 is 0. The summed E-state index contributed by atoms with van der Waals surface area (Å²) in [5.74, 6) is 0.709. The zero-order valence-electron chi connectivity index (χ0n) is 15.3. The zero-order valence-corrected chi connectivity index (χ0v) is 15.3. The van der Waals surface area contributed by atoms with E-state index < -0.39 is 0 Å². The molecule has 3 aromatic rings. The third-order valence-electron chi connectivity index (χ3n) is 4.58. The summed E-state index contributed by atoms with van der Waals surface area (Å²) < 4.78 is 12.8. The van der Waals surface area contributed by atoms with Crippen LogP contribution in [0, 0.1) is 0 Å². The van der Waals surface area contributed by atoms with Gasteiger partial charge in [0.05, 0.1) is 43.5 Å². The fourth-order valence-corrected chi connectivity index (χ4v) is 3.25. The number of aromatic nitrogens is 4. The summed E-state index contributed by atoms with van der Waals surface area (Å²) in [7, 11) is 1.64. The first-order valence-electron chi connectivity index (χ1n) is 8.87. The number of hydrogen-bond acceptors (Lipinski definition) is 6. The van der Waals surface area contributed by atoms with Gasteiger partial charge < -0.3 is 14.8 Å². The SMILES string of the molecule is COc1cncc(-c2cc(NC3CCOC3)c3c(cnn3C(C)C)n2)c1. The predicted octanol–water partition coefficient (Wildman–Crippen LogP) is 3.28. The van der Waals surface area contributed by atoms with Crippen LogP contribution >= 0.6 is 0 Å². The summed E-state index contributed by atoms with van der Waals surface area (Å²) in [5.41, 5.74) is 4.66. The van der Waals surface area contributed by atoms with Gasteiger partial charge in [0.25, 0.3) is 0 Å². The van der Waals surface area contributed by atoms with Crippen LogP contribution in [0.15, 0.2) is 30.7 Å². The smallest absolute Gasteiger partial charge is 0.137 e. The number of nitrogens with zero attached hydrogens (tertiary/aromatic N) is 4. The van der Waals surface area contributed by atoms with E-state index in [2.05, 4.69) is 35.3 Å². The van der Waals surface area contributed by atoms with Crippen LogP contribution in [0.4, 0.5) is 5.69 Å². The summed E-state index contributed by atoms with van der Waals surface area (Å²) in [4.78, 5) is 9.06. The van der Waals surface area contributed by atoms with Gasteiger partial charge in [-0.3, -0.25) is 9.67 Å². The first-order valence-corrected chi connectivity index (χ1v) is 8.87. The van der Waals surface area contributed by atoms with E-state index in [1.54, 1.807) is 19.5 Å². The van der Waals surface area contributed by atoms with Crippen molar-refractivity contribution in [1.29, 1.82) is 0 Å². The van der Waals surface area contributed by atoms with Crippen LogP contribution < -0.4 is 10.1 Å². The Kier molecular flexibility index (Phi) is 4.46. The summed E-state index contributed by atoms with van der Waals surface area (Å²) in [6.45, 7) is 5.75. The fourth-order valence-electron chi connectivity index (χ4n) is 3.25. The number of anilines is 1. The van der Waals surface area contributed by atoms with Crippen molar-refractivity contribution in [3.8, 4) is 17.0 Å². The van der Waals surface area contributed by atoms with Crippen molar-refractivity contribution in [2.75, 3.05) is 25.6 Å². The molecular formula is C19H23N5O2. The minimum Gasteiger partial charge on any atom is -0.495 e. The van der Waals surface area contributed by atoms with Crippen molar-refractivity contribution in [2.45, 2.75) is 32.4 Å². The highest BCUT2D eigenvalue weighted by atomic mass is 16.5. The molecule has 1 atom stereocenters. The van der Waals surface area contributed by atoms with Gasteiger partial charge in [-0.15, -0.1) is 0 Å². The molecule has 4 rings (SSSR count). The molecule has 7 heteroatoms. The Morgan fingerprint density at radius 3 is 2.88 bits per heavy atom. The number of fused-ring (bicyclic) bond motifs is 1. The van der Waals surface area contributed by atoms with Gasteiger partial charge in [-0.05, 0) is 32.4 Å². The Morgan fingerprint density at radius 1 is 1.27 bits per heavy atom. The second-order valence-corrected chi connectivity index (χ2v) is 6.79. The van der Waals surface area contributed by atoms with Crippen molar-refractivity contribution >= 4 is 16.7 Å². The van der Waals surface area contributed by atoms with Gasteiger partial charge in [-0.1, -0.05) is 0 Å². The lowest BCUT2D eigenvalue weighted by molar-refractivity contribution is 0.195. The molecule has 1 N–H and O–H groups in total.